The van der Waals surface area contributed by atoms with Crippen molar-refractivity contribution in [1.29, 1.82) is 0 Å². The second-order valence-corrected chi connectivity index (χ2v) is 7.68. The van der Waals surface area contributed by atoms with Gasteiger partial charge in [-0.2, -0.15) is 0 Å². The monoisotopic (exact) mass is 370 g/mol. The minimum Gasteiger partial charge on any atom is -0.497 e. The van der Waals surface area contributed by atoms with Gasteiger partial charge in [-0.05, 0) is 30.2 Å². The molecule has 2 aromatic carbocycles. The number of ether oxygens (including phenoxy) is 1. The fourth-order valence-corrected chi connectivity index (χ4v) is 4.12. The average Bonchev–Trinajstić information content (AvgIpc) is 3.15. The minimum atomic E-state index is 0.185. The Morgan fingerprint density at radius 1 is 1.23 bits per heavy atom. The Morgan fingerprint density at radius 3 is 2.81 bits per heavy atom. The van der Waals surface area contributed by atoms with Gasteiger partial charge in [0.2, 0.25) is 5.91 Å². The zero-order chi connectivity index (χ0) is 18.4. The van der Waals surface area contributed by atoms with Gasteiger partial charge in [0.25, 0.3) is 0 Å². The predicted octanol–water partition coefficient (Wildman–Crippen LogP) is 3.52. The van der Waals surface area contributed by atoms with Crippen LogP contribution < -0.4 is 4.74 Å². The number of thioether (sulfide) groups is 1. The predicted molar refractivity (Wildman–Crippen MR) is 107 cm³/mol. The largest absolute Gasteiger partial charge is 0.497 e. The summed E-state index contributed by atoms with van der Waals surface area (Å²) < 4.78 is 5.24. The lowest BCUT2D eigenvalue weighted by Gasteiger charge is -2.25. The van der Waals surface area contributed by atoms with Crippen molar-refractivity contribution in [2.24, 2.45) is 0 Å². The van der Waals surface area contributed by atoms with Crippen molar-refractivity contribution in [2.75, 3.05) is 33.0 Å². The van der Waals surface area contributed by atoms with E-state index in [1.165, 1.54) is 5.56 Å². The second-order valence-electron chi connectivity index (χ2n) is 6.64. The van der Waals surface area contributed by atoms with Gasteiger partial charge in [-0.3, -0.25) is 9.69 Å². The summed E-state index contributed by atoms with van der Waals surface area (Å²) in [4.78, 5) is 18.0. The Morgan fingerprint density at radius 2 is 2.04 bits per heavy atom. The zero-order valence-electron chi connectivity index (χ0n) is 15.4. The number of carbonyl (C=O) groups is 1. The van der Waals surface area contributed by atoms with E-state index in [1.807, 2.05) is 42.3 Å². The van der Waals surface area contributed by atoms with Gasteiger partial charge in [-0.15, -0.1) is 11.8 Å². The van der Waals surface area contributed by atoms with Crippen LogP contribution in [-0.4, -0.2) is 54.7 Å². The molecule has 1 saturated heterocycles. The van der Waals surface area contributed by atoms with E-state index in [4.69, 9.17) is 4.74 Å². The number of benzene rings is 2. The Kier molecular flexibility index (Phi) is 6.58. The number of rotatable bonds is 7. The molecule has 2 aromatic rings. The minimum absolute atomic E-state index is 0.185. The Labute approximate surface area is 160 Å². The standard InChI is InChI=1S/C21H26N2O2S/c1-22(21(24)16-26-20-10-6-9-19(13-20)25-2)18-11-12-23(15-18)14-17-7-4-3-5-8-17/h3-10,13,18H,11-12,14-16H2,1-2H3. The fourth-order valence-electron chi connectivity index (χ4n) is 3.26. The summed E-state index contributed by atoms with van der Waals surface area (Å²) in [5, 5.41) is 0. The summed E-state index contributed by atoms with van der Waals surface area (Å²) in [6.07, 6.45) is 1.04. The average molecular weight is 371 g/mol. The van der Waals surface area contributed by atoms with E-state index in [0.29, 0.717) is 11.8 Å². The van der Waals surface area contributed by atoms with Crippen molar-refractivity contribution >= 4 is 17.7 Å². The van der Waals surface area contributed by atoms with Crippen LogP contribution in [0.3, 0.4) is 0 Å². The molecule has 0 bridgehead atoms. The maximum atomic E-state index is 12.6. The highest BCUT2D eigenvalue weighted by molar-refractivity contribution is 8.00. The van der Waals surface area contributed by atoms with Crippen LogP contribution in [0, 0.1) is 0 Å². The van der Waals surface area contributed by atoms with Gasteiger partial charge >= 0.3 is 0 Å². The first kappa shape index (κ1) is 18.8. The third-order valence-electron chi connectivity index (χ3n) is 4.84. The quantitative estimate of drug-likeness (QED) is 0.698. The normalized spacial score (nSPS) is 17.2. The molecule has 1 fully saturated rings. The van der Waals surface area contributed by atoms with E-state index >= 15 is 0 Å². The van der Waals surface area contributed by atoms with E-state index in [9.17, 15) is 4.79 Å². The molecule has 138 valence electrons. The molecule has 26 heavy (non-hydrogen) atoms. The molecule has 0 saturated carbocycles. The summed E-state index contributed by atoms with van der Waals surface area (Å²) in [7, 11) is 3.59. The summed E-state index contributed by atoms with van der Waals surface area (Å²) >= 11 is 1.56. The molecule has 1 heterocycles. The van der Waals surface area contributed by atoms with Gasteiger partial charge in [-0.25, -0.2) is 0 Å². The third-order valence-corrected chi connectivity index (χ3v) is 5.82. The Bertz CT molecular complexity index is 723. The SMILES string of the molecule is COc1cccc(SCC(=O)N(C)C2CCN(Cc3ccccc3)C2)c1. The van der Waals surface area contributed by atoms with Gasteiger partial charge in [0.1, 0.15) is 5.75 Å². The van der Waals surface area contributed by atoms with Gasteiger partial charge in [0.15, 0.2) is 0 Å². The molecule has 0 aliphatic carbocycles. The molecule has 1 amide bonds. The first-order chi connectivity index (χ1) is 12.7. The van der Waals surface area contributed by atoms with Crippen molar-refractivity contribution in [3.8, 4) is 5.75 Å². The molecular formula is C21H26N2O2S. The van der Waals surface area contributed by atoms with Crippen LogP contribution >= 0.6 is 11.8 Å². The molecule has 1 atom stereocenters. The number of likely N-dealkylation sites (tertiary alicyclic amines) is 1. The summed E-state index contributed by atoms with van der Waals surface area (Å²) in [5.41, 5.74) is 1.33. The van der Waals surface area contributed by atoms with Crippen LogP contribution in [0.5, 0.6) is 5.75 Å². The van der Waals surface area contributed by atoms with Gasteiger partial charge in [-0.1, -0.05) is 36.4 Å². The maximum absolute atomic E-state index is 12.6. The lowest BCUT2D eigenvalue weighted by Crippen LogP contribution is -2.39. The molecular weight excluding hydrogens is 344 g/mol. The Hall–Kier alpha value is -1.98. The maximum Gasteiger partial charge on any atom is 0.232 e. The van der Waals surface area contributed by atoms with Crippen LogP contribution in [0.4, 0.5) is 0 Å². The fraction of sp³-hybridized carbons (Fsp3) is 0.381. The molecule has 1 aliphatic rings. The molecule has 0 N–H and O–H groups in total. The molecule has 1 aliphatic heterocycles. The second kappa shape index (κ2) is 9.10. The van der Waals surface area contributed by atoms with Crippen LogP contribution in [0.15, 0.2) is 59.5 Å². The van der Waals surface area contributed by atoms with Crippen molar-refractivity contribution in [3.05, 3.63) is 60.2 Å². The first-order valence-electron chi connectivity index (χ1n) is 8.94. The van der Waals surface area contributed by atoms with E-state index in [2.05, 4.69) is 29.2 Å². The number of carbonyl (C=O) groups excluding carboxylic acids is 1. The lowest BCUT2D eigenvalue weighted by atomic mass is 10.2. The summed E-state index contributed by atoms with van der Waals surface area (Å²) in [5.74, 6) is 1.46. The highest BCUT2D eigenvalue weighted by atomic mass is 32.2. The lowest BCUT2D eigenvalue weighted by molar-refractivity contribution is -0.128. The van der Waals surface area contributed by atoms with Crippen LogP contribution in [0.2, 0.25) is 0 Å². The van der Waals surface area contributed by atoms with E-state index in [-0.39, 0.29) is 5.91 Å². The van der Waals surface area contributed by atoms with E-state index in [1.54, 1.807) is 18.9 Å². The first-order valence-corrected chi connectivity index (χ1v) is 9.93. The van der Waals surface area contributed by atoms with Crippen molar-refractivity contribution in [2.45, 2.75) is 23.9 Å². The summed E-state index contributed by atoms with van der Waals surface area (Å²) in [6.45, 7) is 2.94. The number of amides is 1. The third kappa shape index (κ3) is 5.02. The van der Waals surface area contributed by atoms with Gasteiger partial charge in [0, 0.05) is 37.6 Å². The number of nitrogens with zero attached hydrogens (tertiary/aromatic N) is 2. The van der Waals surface area contributed by atoms with Gasteiger partial charge in [0.05, 0.1) is 12.9 Å². The van der Waals surface area contributed by atoms with Gasteiger partial charge < -0.3 is 9.64 Å². The molecule has 3 rings (SSSR count). The van der Waals surface area contributed by atoms with Crippen LogP contribution in [-0.2, 0) is 11.3 Å². The van der Waals surface area contributed by atoms with E-state index in [0.717, 1.165) is 36.7 Å². The number of methoxy groups -OCH3 is 1. The molecule has 5 heteroatoms. The molecule has 1 unspecified atom stereocenters. The smallest absolute Gasteiger partial charge is 0.232 e. The molecule has 0 radical (unpaired) electrons. The van der Waals surface area contributed by atoms with E-state index < -0.39 is 0 Å². The van der Waals surface area contributed by atoms with Crippen LogP contribution in [0.1, 0.15) is 12.0 Å². The zero-order valence-corrected chi connectivity index (χ0v) is 16.2. The number of hydrogen-bond acceptors (Lipinski definition) is 4. The number of likely N-dealkylation sites (N-methyl/N-ethyl adjacent to an activating group) is 1. The topological polar surface area (TPSA) is 32.8 Å². The van der Waals surface area contributed by atoms with Crippen LogP contribution in [0.25, 0.3) is 0 Å². The summed E-state index contributed by atoms with van der Waals surface area (Å²) in [6, 6.07) is 18.7. The molecule has 0 spiro atoms. The highest BCUT2D eigenvalue weighted by Crippen LogP contribution is 2.24. The van der Waals surface area contributed by atoms with Crippen molar-refractivity contribution in [1.82, 2.24) is 9.80 Å². The van der Waals surface area contributed by atoms with Crippen molar-refractivity contribution in [3.63, 3.8) is 0 Å². The molecule has 0 aromatic heterocycles. The highest BCUT2D eigenvalue weighted by Gasteiger charge is 2.28. The Balaban J connectivity index is 1.47. The molecule has 4 nitrogen and oxygen atoms in total. The van der Waals surface area contributed by atoms with Crippen molar-refractivity contribution < 1.29 is 9.53 Å². The number of hydrogen-bond donors (Lipinski definition) is 0.